The number of pyridine rings is 1. The molecule has 0 aliphatic carbocycles. The lowest BCUT2D eigenvalue weighted by Crippen LogP contribution is -2.20. The smallest absolute Gasteiger partial charge is 0.317 e. The lowest BCUT2D eigenvalue weighted by Gasteiger charge is -2.03. The van der Waals surface area contributed by atoms with Gasteiger partial charge in [-0.25, -0.2) is 19.7 Å². The number of H-pyrrole nitrogens is 1. The van der Waals surface area contributed by atoms with Gasteiger partial charge in [0.15, 0.2) is 5.65 Å². The minimum absolute atomic E-state index is 0.0614. The zero-order valence-electron chi connectivity index (χ0n) is 11.3. The molecule has 0 saturated carbocycles. The number of anilines is 1. The summed E-state index contributed by atoms with van der Waals surface area (Å²) >= 11 is 0. The minimum Gasteiger partial charge on any atom is -0.351 e. The Kier molecular flexibility index (Phi) is 2.48. The Hall–Kier alpha value is -3.03. The van der Waals surface area contributed by atoms with Crippen molar-refractivity contribution in [1.82, 2.24) is 24.9 Å². The molecule has 3 rings (SSSR count). The van der Waals surface area contributed by atoms with Crippen molar-refractivity contribution in [2.45, 2.75) is 6.90 Å². The van der Waals surface area contributed by atoms with Crippen LogP contribution < -0.4 is 11.1 Å². The molecule has 0 radical (unpaired) electrons. The van der Waals surface area contributed by atoms with Crippen molar-refractivity contribution in [3.8, 4) is 11.4 Å². The number of carbonyl (C=O) groups excluding carboxylic acids is 1. The van der Waals surface area contributed by atoms with Crippen molar-refractivity contribution in [1.29, 1.82) is 0 Å². The number of hydrogen-bond acceptors (Lipinski definition) is 5. The summed E-state index contributed by atoms with van der Waals surface area (Å²) in [5, 5.41) is 2.38. The summed E-state index contributed by atoms with van der Waals surface area (Å²) in [5.41, 5.74) is 7.23. The average Bonchev–Trinajstić information content (AvgIpc) is 2.95. The molecule has 0 aromatic carbocycles. The van der Waals surface area contributed by atoms with Crippen LogP contribution in [0.15, 0.2) is 24.5 Å². The van der Waals surface area contributed by atoms with E-state index in [4.69, 9.17) is 7.10 Å². The fourth-order valence-corrected chi connectivity index (χ4v) is 1.72. The van der Waals surface area contributed by atoms with Gasteiger partial charge >= 0.3 is 6.03 Å². The summed E-state index contributed by atoms with van der Waals surface area (Å²) in [5.74, 6) is 0.849. The highest BCUT2D eigenvalue weighted by atomic mass is 16.2. The number of nitrogens with one attached hydrogen (secondary N) is 2. The number of fused-ring (bicyclic) bond motifs is 1. The average molecular weight is 271 g/mol. The number of primary amides is 1. The molecule has 0 saturated heterocycles. The Bertz CT molecular complexity index is 816. The zero-order chi connectivity index (χ0) is 14.8. The molecular formula is C12H11N7O. The molecular weight excluding hydrogens is 258 g/mol. The number of imidazole rings is 1. The Morgan fingerprint density at radius 2 is 2.25 bits per heavy atom. The topological polar surface area (TPSA) is 122 Å². The maximum Gasteiger partial charge on any atom is 0.317 e. The van der Waals surface area contributed by atoms with Gasteiger partial charge in [-0.15, -0.1) is 0 Å². The maximum absolute atomic E-state index is 10.8. The first-order valence-electron chi connectivity index (χ1n) is 6.40. The Labute approximate surface area is 114 Å². The summed E-state index contributed by atoms with van der Waals surface area (Å²) in [6.45, 7) is 0.0614. The van der Waals surface area contributed by atoms with E-state index in [0.717, 1.165) is 0 Å². The second-order valence-corrected chi connectivity index (χ2v) is 4.03. The van der Waals surface area contributed by atoms with Crippen molar-refractivity contribution < 1.29 is 6.17 Å². The third kappa shape index (κ3) is 2.26. The van der Waals surface area contributed by atoms with E-state index in [-0.39, 0.29) is 6.90 Å². The monoisotopic (exact) mass is 271 g/mol. The molecule has 0 aliphatic heterocycles. The molecule has 0 bridgehead atoms. The highest BCUT2D eigenvalue weighted by molar-refractivity contribution is 5.88. The van der Waals surface area contributed by atoms with Crippen LogP contribution in [-0.2, 0) is 0 Å². The van der Waals surface area contributed by atoms with Crippen LogP contribution in [0.4, 0.5) is 10.6 Å². The molecule has 2 amide bonds. The molecule has 4 N–H and O–H groups in total. The summed E-state index contributed by atoms with van der Waals surface area (Å²) in [6, 6.07) is 2.59. The normalized spacial score (nSPS) is 11.3. The van der Waals surface area contributed by atoms with E-state index in [2.05, 4.69) is 30.2 Å². The zero-order valence-corrected chi connectivity index (χ0v) is 10.3. The molecule has 8 heteroatoms. The van der Waals surface area contributed by atoms with Gasteiger partial charge in [0.1, 0.15) is 22.9 Å². The number of nitrogens with zero attached hydrogens (tertiary/aromatic N) is 4. The Balaban J connectivity index is 2.02. The summed E-state index contributed by atoms with van der Waals surface area (Å²) in [6.07, 6.45) is 3.18. The molecule has 3 aromatic rings. The fraction of sp³-hybridized carbons (Fsp3) is 0.0833. The van der Waals surface area contributed by atoms with Gasteiger partial charge in [0, 0.05) is 1.37 Å². The number of amides is 2. The first-order valence-corrected chi connectivity index (χ1v) is 5.69. The Morgan fingerprint density at radius 1 is 1.35 bits per heavy atom. The highest BCUT2D eigenvalue weighted by Gasteiger charge is 2.07. The lowest BCUT2D eigenvalue weighted by atomic mass is 10.3. The number of nitrogens with two attached hydrogens (primary N) is 1. The molecule has 8 nitrogen and oxygen atoms in total. The van der Waals surface area contributed by atoms with Gasteiger partial charge in [0.05, 0.1) is 18.1 Å². The molecule has 0 spiro atoms. The van der Waals surface area contributed by atoms with Crippen molar-refractivity contribution in [2.75, 3.05) is 5.32 Å². The van der Waals surface area contributed by atoms with E-state index in [1.165, 1.54) is 0 Å². The molecule has 20 heavy (non-hydrogen) atoms. The SMILES string of the molecule is [3H]Cc1ncc(-c2cnc3ccc(NC(N)=O)nc3n2)[nH]1. The van der Waals surface area contributed by atoms with Crippen LogP contribution in [0.25, 0.3) is 22.6 Å². The van der Waals surface area contributed by atoms with Crippen LogP contribution in [-0.4, -0.2) is 31.0 Å². The van der Waals surface area contributed by atoms with E-state index in [9.17, 15) is 4.79 Å². The predicted octanol–water partition coefficient (Wildman–Crippen LogP) is 1.21. The van der Waals surface area contributed by atoms with Gasteiger partial charge in [0.2, 0.25) is 0 Å². The van der Waals surface area contributed by atoms with Crippen molar-refractivity contribution >= 4 is 23.0 Å². The van der Waals surface area contributed by atoms with Crippen LogP contribution in [0.1, 0.15) is 7.20 Å². The maximum atomic E-state index is 10.8. The Morgan fingerprint density at radius 3 is 3.00 bits per heavy atom. The van der Waals surface area contributed by atoms with E-state index in [1.807, 2.05) is 0 Å². The van der Waals surface area contributed by atoms with Crippen LogP contribution >= 0.6 is 0 Å². The molecule has 0 fully saturated rings. The molecule has 3 aromatic heterocycles. The fourth-order valence-electron chi connectivity index (χ4n) is 1.72. The number of aromatic nitrogens is 5. The third-order valence-electron chi connectivity index (χ3n) is 2.56. The van der Waals surface area contributed by atoms with Crippen molar-refractivity contribution in [3.05, 3.63) is 30.4 Å². The summed E-state index contributed by atoms with van der Waals surface area (Å²) < 4.78 is 7.25. The molecule has 0 aliphatic rings. The standard InChI is InChI=1S/C12H11N7O/c1-6-14-4-8(16-6)9-5-15-7-2-3-10(19-12(13)20)18-11(7)17-9/h2-5H,1H3,(H,14,16)(H3,13,17,18,19,20)/i1T. The quantitative estimate of drug-likeness (QED) is 0.646. The third-order valence-corrected chi connectivity index (χ3v) is 2.56. The second kappa shape index (κ2) is 4.57. The summed E-state index contributed by atoms with van der Waals surface area (Å²) in [4.78, 5) is 30.6. The number of carbonyl (C=O) groups is 1. The van der Waals surface area contributed by atoms with Crippen molar-refractivity contribution in [2.24, 2.45) is 5.73 Å². The molecule has 0 unspecified atom stereocenters. The number of rotatable bonds is 2. The first-order chi connectivity index (χ1) is 10.2. The van der Waals surface area contributed by atoms with Crippen LogP contribution in [0.3, 0.4) is 0 Å². The number of aromatic amines is 1. The molecule has 3 heterocycles. The lowest BCUT2D eigenvalue weighted by molar-refractivity contribution is 0.259. The molecule has 0 atom stereocenters. The van der Waals surface area contributed by atoms with E-state index in [0.29, 0.717) is 34.2 Å². The van der Waals surface area contributed by atoms with E-state index < -0.39 is 6.03 Å². The highest BCUT2D eigenvalue weighted by Crippen LogP contribution is 2.17. The van der Waals surface area contributed by atoms with E-state index in [1.54, 1.807) is 24.5 Å². The number of aryl methyl sites for hydroxylation is 1. The van der Waals surface area contributed by atoms with Gasteiger partial charge in [-0.2, -0.15) is 0 Å². The second-order valence-electron chi connectivity index (χ2n) is 4.03. The predicted molar refractivity (Wildman–Crippen MR) is 72.9 cm³/mol. The largest absolute Gasteiger partial charge is 0.351 e. The van der Waals surface area contributed by atoms with Gasteiger partial charge in [-0.1, -0.05) is 0 Å². The number of urea groups is 1. The van der Waals surface area contributed by atoms with Crippen LogP contribution in [0.5, 0.6) is 0 Å². The van der Waals surface area contributed by atoms with Gasteiger partial charge in [-0.05, 0) is 19.0 Å². The van der Waals surface area contributed by atoms with Crippen LogP contribution in [0.2, 0.25) is 0 Å². The van der Waals surface area contributed by atoms with Gasteiger partial charge in [-0.3, -0.25) is 10.3 Å². The summed E-state index contributed by atoms with van der Waals surface area (Å²) in [7, 11) is 0. The first kappa shape index (κ1) is 10.9. The van der Waals surface area contributed by atoms with Crippen molar-refractivity contribution in [3.63, 3.8) is 0 Å². The van der Waals surface area contributed by atoms with E-state index >= 15 is 0 Å². The van der Waals surface area contributed by atoms with Gasteiger partial charge in [0.25, 0.3) is 0 Å². The molecule has 100 valence electrons. The number of hydrogen-bond donors (Lipinski definition) is 3. The van der Waals surface area contributed by atoms with Gasteiger partial charge < -0.3 is 10.7 Å². The van der Waals surface area contributed by atoms with Crippen LogP contribution in [0, 0.1) is 6.90 Å². The minimum atomic E-state index is -0.695.